The van der Waals surface area contributed by atoms with Crippen molar-refractivity contribution in [3.8, 4) is 11.3 Å². The van der Waals surface area contributed by atoms with Crippen LogP contribution >= 0.6 is 11.6 Å². The maximum Gasteiger partial charge on any atom is 0.253 e. The molecular formula is C31H29ClF2N6O. The number of nitrogens with two attached hydrogens (primary N) is 1. The number of hydrogen-bond donors (Lipinski definition) is 2. The predicted octanol–water partition coefficient (Wildman–Crippen LogP) is 6.37. The molecule has 3 aromatic carbocycles. The molecule has 10 heteroatoms. The van der Waals surface area contributed by atoms with Gasteiger partial charge in [-0.05, 0) is 61.9 Å². The van der Waals surface area contributed by atoms with Crippen molar-refractivity contribution in [3.63, 3.8) is 0 Å². The molecule has 1 saturated heterocycles. The Morgan fingerprint density at radius 2 is 1.80 bits per heavy atom. The molecule has 1 unspecified atom stereocenters. The Labute approximate surface area is 242 Å². The Kier molecular flexibility index (Phi) is 7.59. The monoisotopic (exact) mass is 574 g/mol. The molecule has 3 heterocycles. The number of rotatable bonds is 4. The van der Waals surface area contributed by atoms with Crippen molar-refractivity contribution < 1.29 is 13.6 Å². The van der Waals surface area contributed by atoms with E-state index in [1.807, 2.05) is 6.92 Å². The minimum atomic E-state index is -0.715. The summed E-state index contributed by atoms with van der Waals surface area (Å²) in [6.45, 7) is 3.24. The van der Waals surface area contributed by atoms with Crippen molar-refractivity contribution >= 4 is 34.9 Å². The van der Waals surface area contributed by atoms with Crippen molar-refractivity contribution in [2.24, 2.45) is 10.7 Å². The largest absolute Gasteiger partial charge is 0.337 e. The Bertz CT molecular complexity index is 1650. The standard InChI is InChI=1S/C30H25ClF2N6O.CH4/c1-30(34)11-12-39(16-30)28(40)17-5-8-20(9-6-17)37-29-36-15-18-14-35-27(25-23(32)3-2-4-24(25)33)22-13-19(31)7-10-21(22)26(18)38-29;/h2-10,13,15H,11-12,14,16,34H2,1H3,(H,36,37,38);1H4. The van der Waals surface area contributed by atoms with E-state index in [0.717, 1.165) is 6.42 Å². The Hall–Kier alpha value is -4.21. The quantitative estimate of drug-likeness (QED) is 0.295. The van der Waals surface area contributed by atoms with Crippen LogP contribution in [0.4, 0.5) is 20.4 Å². The summed E-state index contributed by atoms with van der Waals surface area (Å²) in [5, 5.41) is 3.58. The number of nitrogens with one attached hydrogen (secondary N) is 1. The van der Waals surface area contributed by atoms with E-state index in [1.165, 1.54) is 18.2 Å². The maximum atomic E-state index is 14.8. The van der Waals surface area contributed by atoms with Crippen LogP contribution in [0.2, 0.25) is 5.02 Å². The number of carbonyl (C=O) groups excluding carboxylic acids is 1. The molecule has 1 fully saturated rings. The van der Waals surface area contributed by atoms with Crippen molar-refractivity contribution in [2.45, 2.75) is 32.9 Å². The lowest BCUT2D eigenvalue weighted by Crippen LogP contribution is -2.40. The number of anilines is 2. The number of amides is 1. The second-order valence-electron chi connectivity index (χ2n) is 10.4. The van der Waals surface area contributed by atoms with Crippen LogP contribution in [0, 0.1) is 11.6 Å². The molecule has 0 spiro atoms. The lowest BCUT2D eigenvalue weighted by molar-refractivity contribution is 0.0785. The third kappa shape index (κ3) is 5.55. The summed E-state index contributed by atoms with van der Waals surface area (Å²) in [6.07, 6.45) is 2.41. The molecule has 0 radical (unpaired) electrons. The minimum absolute atomic E-state index is 0. The van der Waals surface area contributed by atoms with Gasteiger partial charge in [-0.15, -0.1) is 0 Å². The number of likely N-dealkylation sites (tertiary alicyclic amines) is 1. The van der Waals surface area contributed by atoms with Gasteiger partial charge in [0, 0.05) is 57.8 Å². The SMILES string of the molecule is C.CC1(N)CCN(C(=O)c2ccc(Nc3ncc4c(n3)-c3ccc(Cl)cc3C(c3c(F)cccc3F)=NC4)cc2)C1. The fourth-order valence-corrected chi connectivity index (χ4v) is 5.26. The normalized spacial score (nSPS) is 17.6. The molecule has 3 N–H and O–H groups in total. The van der Waals surface area contributed by atoms with Crippen molar-refractivity contribution in [2.75, 3.05) is 18.4 Å². The molecule has 4 aromatic rings. The summed E-state index contributed by atoms with van der Waals surface area (Å²) in [6, 6.07) is 15.9. The van der Waals surface area contributed by atoms with Crippen molar-refractivity contribution in [1.29, 1.82) is 0 Å². The second kappa shape index (κ2) is 11.0. The van der Waals surface area contributed by atoms with Crippen LogP contribution in [0.15, 0.2) is 71.9 Å². The highest BCUT2D eigenvalue weighted by Gasteiger charge is 2.33. The van der Waals surface area contributed by atoms with Crippen LogP contribution in [0.5, 0.6) is 0 Å². The number of benzene rings is 3. The van der Waals surface area contributed by atoms with E-state index in [1.54, 1.807) is 53.6 Å². The predicted molar refractivity (Wildman–Crippen MR) is 158 cm³/mol. The average Bonchev–Trinajstić information content (AvgIpc) is 3.22. The summed E-state index contributed by atoms with van der Waals surface area (Å²) in [5.41, 5.74) is 9.38. The number of hydrogen-bond acceptors (Lipinski definition) is 6. The van der Waals surface area contributed by atoms with Gasteiger partial charge in [0.2, 0.25) is 5.95 Å². The Morgan fingerprint density at radius 3 is 2.49 bits per heavy atom. The first-order chi connectivity index (χ1) is 19.2. The molecule has 0 aliphatic carbocycles. The molecule has 210 valence electrons. The van der Waals surface area contributed by atoms with Crippen molar-refractivity contribution in [3.05, 3.63) is 106 Å². The zero-order valence-corrected chi connectivity index (χ0v) is 22.3. The third-order valence-electron chi connectivity index (χ3n) is 7.14. The fraction of sp³-hybridized carbons (Fsp3) is 0.226. The van der Waals surface area contributed by atoms with E-state index in [9.17, 15) is 13.6 Å². The van der Waals surface area contributed by atoms with Crippen LogP contribution in [0.3, 0.4) is 0 Å². The topological polar surface area (TPSA) is 96.5 Å². The summed E-state index contributed by atoms with van der Waals surface area (Å²) in [4.78, 5) is 28.4. The van der Waals surface area contributed by atoms with Gasteiger partial charge < -0.3 is 16.0 Å². The highest BCUT2D eigenvalue weighted by molar-refractivity contribution is 6.31. The van der Waals surface area contributed by atoms with Crippen LogP contribution in [0.1, 0.15) is 47.8 Å². The first-order valence-electron chi connectivity index (χ1n) is 12.8. The molecular weight excluding hydrogens is 546 g/mol. The lowest BCUT2D eigenvalue weighted by Gasteiger charge is -2.20. The number of nitrogens with zero attached hydrogens (tertiary/aromatic N) is 4. The van der Waals surface area contributed by atoms with E-state index in [-0.39, 0.29) is 36.7 Å². The molecule has 6 rings (SSSR count). The highest BCUT2D eigenvalue weighted by Crippen LogP contribution is 2.35. The number of fused-ring (bicyclic) bond motifs is 3. The third-order valence-corrected chi connectivity index (χ3v) is 7.38. The molecule has 0 bridgehead atoms. The minimum Gasteiger partial charge on any atom is -0.337 e. The van der Waals surface area contributed by atoms with Crippen molar-refractivity contribution in [1.82, 2.24) is 14.9 Å². The molecule has 2 aliphatic rings. The molecule has 1 aromatic heterocycles. The molecule has 41 heavy (non-hydrogen) atoms. The van der Waals surface area contributed by atoms with Gasteiger partial charge >= 0.3 is 0 Å². The molecule has 1 amide bonds. The summed E-state index contributed by atoms with van der Waals surface area (Å²) in [5.74, 6) is -1.17. The van der Waals surface area contributed by atoms with E-state index < -0.39 is 11.6 Å². The number of aromatic nitrogens is 2. The van der Waals surface area contributed by atoms with E-state index in [2.05, 4.69) is 15.3 Å². The van der Waals surface area contributed by atoms with E-state index >= 15 is 0 Å². The second-order valence-corrected chi connectivity index (χ2v) is 10.8. The maximum absolute atomic E-state index is 14.8. The molecule has 7 nitrogen and oxygen atoms in total. The molecule has 1 atom stereocenters. The zero-order chi connectivity index (χ0) is 28.0. The lowest BCUT2D eigenvalue weighted by atomic mass is 9.95. The van der Waals surface area contributed by atoms with Gasteiger partial charge in [-0.3, -0.25) is 9.79 Å². The van der Waals surface area contributed by atoms with Gasteiger partial charge in [0.05, 0.1) is 23.5 Å². The van der Waals surface area contributed by atoms with Crippen LogP contribution in [-0.2, 0) is 6.54 Å². The first-order valence-corrected chi connectivity index (χ1v) is 13.2. The Balaban J connectivity index is 0.00000337. The smallest absolute Gasteiger partial charge is 0.253 e. The molecule has 2 aliphatic heterocycles. The highest BCUT2D eigenvalue weighted by atomic mass is 35.5. The summed E-state index contributed by atoms with van der Waals surface area (Å²) < 4.78 is 29.6. The van der Waals surface area contributed by atoms with Gasteiger partial charge in [0.15, 0.2) is 0 Å². The number of aliphatic imine (C=N–C) groups is 1. The first kappa shape index (κ1) is 28.3. The number of halogens is 3. The molecule has 0 saturated carbocycles. The van der Waals surface area contributed by atoms with Crippen LogP contribution in [0.25, 0.3) is 11.3 Å². The fourth-order valence-electron chi connectivity index (χ4n) is 5.09. The van der Waals surface area contributed by atoms with Gasteiger partial charge in [0.1, 0.15) is 11.6 Å². The van der Waals surface area contributed by atoms with Crippen LogP contribution in [-0.4, -0.2) is 45.1 Å². The van der Waals surface area contributed by atoms with Gasteiger partial charge in [-0.25, -0.2) is 18.7 Å². The van der Waals surface area contributed by atoms with E-state index in [0.29, 0.717) is 57.7 Å². The van der Waals surface area contributed by atoms with Gasteiger partial charge in [-0.2, -0.15) is 0 Å². The van der Waals surface area contributed by atoms with Crippen LogP contribution < -0.4 is 11.1 Å². The Morgan fingerprint density at radius 1 is 1.07 bits per heavy atom. The van der Waals surface area contributed by atoms with Gasteiger partial charge in [-0.1, -0.05) is 31.2 Å². The van der Waals surface area contributed by atoms with Gasteiger partial charge in [0.25, 0.3) is 5.91 Å². The zero-order valence-electron chi connectivity index (χ0n) is 21.6. The summed E-state index contributed by atoms with van der Waals surface area (Å²) >= 11 is 6.30. The summed E-state index contributed by atoms with van der Waals surface area (Å²) in [7, 11) is 0. The van der Waals surface area contributed by atoms with E-state index in [4.69, 9.17) is 22.3 Å². The average molecular weight is 575 g/mol. The number of carbonyl (C=O) groups is 1.